The minimum Gasteiger partial charge on any atom is -0.378 e. The van der Waals surface area contributed by atoms with E-state index >= 15 is 0 Å². The molecule has 0 aromatic rings. The summed E-state index contributed by atoms with van der Waals surface area (Å²) in [4.78, 5) is 0. The third-order valence-electron chi connectivity index (χ3n) is 3.61. The molecule has 0 amide bonds. The van der Waals surface area contributed by atoms with Gasteiger partial charge in [0.1, 0.15) is 0 Å². The van der Waals surface area contributed by atoms with Crippen molar-refractivity contribution in [1.29, 1.82) is 0 Å². The van der Waals surface area contributed by atoms with Crippen LogP contribution in [0.5, 0.6) is 0 Å². The molecule has 2 rings (SSSR count). The van der Waals surface area contributed by atoms with Gasteiger partial charge < -0.3 is 10.5 Å². The molecule has 0 aliphatic heterocycles. The van der Waals surface area contributed by atoms with Gasteiger partial charge in [-0.2, -0.15) is 0 Å². The fourth-order valence-electron chi connectivity index (χ4n) is 1.94. The molecule has 0 spiro atoms. The van der Waals surface area contributed by atoms with Gasteiger partial charge >= 0.3 is 0 Å². The predicted molar refractivity (Wildman–Crippen MR) is 58.4 cm³/mol. The van der Waals surface area contributed by atoms with Crippen LogP contribution in [0.25, 0.3) is 0 Å². The van der Waals surface area contributed by atoms with Crippen molar-refractivity contribution in [1.82, 2.24) is 0 Å². The van der Waals surface area contributed by atoms with Gasteiger partial charge in [0.05, 0.1) is 22.7 Å². The molecule has 88 valence electrons. The van der Waals surface area contributed by atoms with Gasteiger partial charge in [0.25, 0.3) is 0 Å². The summed E-state index contributed by atoms with van der Waals surface area (Å²) in [6.07, 6.45) is 3.15. The highest BCUT2D eigenvalue weighted by molar-refractivity contribution is 7.94. The first kappa shape index (κ1) is 11.4. The molecular weight excluding hydrogens is 214 g/mol. The summed E-state index contributed by atoms with van der Waals surface area (Å²) in [5.74, 6) is 0. The third kappa shape index (κ3) is 1.70. The average Bonchev–Trinajstić information content (AvgIpc) is 3.03. The Morgan fingerprint density at radius 2 is 1.87 bits per heavy atom. The van der Waals surface area contributed by atoms with Crippen molar-refractivity contribution >= 4 is 9.84 Å². The average molecular weight is 233 g/mol. The topological polar surface area (TPSA) is 69.4 Å². The summed E-state index contributed by atoms with van der Waals surface area (Å²) >= 11 is 0. The van der Waals surface area contributed by atoms with E-state index in [2.05, 4.69) is 0 Å². The van der Waals surface area contributed by atoms with E-state index in [0.29, 0.717) is 19.8 Å². The Morgan fingerprint density at radius 3 is 2.27 bits per heavy atom. The molecule has 0 atom stereocenters. The van der Waals surface area contributed by atoms with Gasteiger partial charge in [-0.3, -0.25) is 0 Å². The maximum absolute atomic E-state index is 12.3. The van der Waals surface area contributed by atoms with Crippen LogP contribution in [0, 0.1) is 0 Å². The molecule has 0 aromatic carbocycles. The van der Waals surface area contributed by atoms with E-state index < -0.39 is 19.3 Å². The first-order chi connectivity index (χ1) is 6.97. The van der Waals surface area contributed by atoms with Crippen molar-refractivity contribution in [3.63, 3.8) is 0 Å². The fourth-order valence-corrected chi connectivity index (χ4v) is 4.50. The Hall–Kier alpha value is -0.130. The van der Waals surface area contributed by atoms with E-state index in [1.54, 1.807) is 0 Å². The summed E-state index contributed by atoms with van der Waals surface area (Å²) in [5.41, 5.74) is 5.31. The molecule has 0 unspecified atom stereocenters. The van der Waals surface area contributed by atoms with Crippen LogP contribution in [0.15, 0.2) is 0 Å². The zero-order valence-corrected chi connectivity index (χ0v) is 9.98. The Bertz CT molecular complexity index is 342. The van der Waals surface area contributed by atoms with Gasteiger partial charge in [-0.15, -0.1) is 0 Å². The number of hydrogen-bond donors (Lipinski definition) is 1. The SMILES string of the molecule is CC1(S(=O)(=O)C2(COCCN)CC2)CC1. The number of rotatable bonds is 6. The summed E-state index contributed by atoms with van der Waals surface area (Å²) in [7, 11) is -3.00. The second-order valence-corrected chi connectivity index (χ2v) is 7.84. The molecule has 0 heterocycles. The van der Waals surface area contributed by atoms with Crippen molar-refractivity contribution in [3.8, 4) is 0 Å². The molecule has 2 saturated carbocycles. The molecule has 15 heavy (non-hydrogen) atoms. The highest BCUT2D eigenvalue weighted by Gasteiger charge is 2.65. The summed E-state index contributed by atoms with van der Waals surface area (Å²) < 4.78 is 28.9. The smallest absolute Gasteiger partial charge is 0.163 e. The van der Waals surface area contributed by atoms with Crippen LogP contribution in [-0.2, 0) is 14.6 Å². The maximum atomic E-state index is 12.3. The Balaban J connectivity index is 2.03. The van der Waals surface area contributed by atoms with Gasteiger partial charge in [-0.05, 0) is 32.6 Å². The molecule has 0 bridgehead atoms. The van der Waals surface area contributed by atoms with E-state index in [0.717, 1.165) is 25.7 Å². The number of sulfone groups is 1. The van der Waals surface area contributed by atoms with Gasteiger partial charge in [0.2, 0.25) is 0 Å². The van der Waals surface area contributed by atoms with E-state index in [1.807, 2.05) is 6.92 Å². The number of ether oxygens (including phenoxy) is 1. The second kappa shape index (κ2) is 3.43. The van der Waals surface area contributed by atoms with Gasteiger partial charge in [-0.25, -0.2) is 8.42 Å². The largest absolute Gasteiger partial charge is 0.378 e. The van der Waals surface area contributed by atoms with Crippen molar-refractivity contribution in [2.75, 3.05) is 19.8 Å². The van der Waals surface area contributed by atoms with Crippen LogP contribution in [0.4, 0.5) is 0 Å². The van der Waals surface area contributed by atoms with Crippen LogP contribution in [0.3, 0.4) is 0 Å². The van der Waals surface area contributed by atoms with E-state index in [-0.39, 0.29) is 0 Å². The van der Waals surface area contributed by atoms with Crippen molar-refractivity contribution in [2.45, 2.75) is 42.1 Å². The highest BCUT2D eigenvalue weighted by atomic mass is 32.2. The quantitative estimate of drug-likeness (QED) is 0.677. The van der Waals surface area contributed by atoms with Crippen molar-refractivity contribution in [2.24, 2.45) is 5.73 Å². The lowest BCUT2D eigenvalue weighted by Gasteiger charge is -2.20. The zero-order chi connectivity index (χ0) is 11.2. The summed E-state index contributed by atoms with van der Waals surface area (Å²) in [6.45, 7) is 3.09. The van der Waals surface area contributed by atoms with E-state index in [9.17, 15) is 8.42 Å². The molecule has 4 nitrogen and oxygen atoms in total. The predicted octanol–water partition coefficient (Wildman–Crippen LogP) is 0.462. The lowest BCUT2D eigenvalue weighted by Crippen LogP contribution is -2.37. The van der Waals surface area contributed by atoms with Gasteiger partial charge in [0.15, 0.2) is 9.84 Å². The molecule has 0 saturated heterocycles. The Kier molecular flexibility index (Phi) is 2.60. The zero-order valence-electron chi connectivity index (χ0n) is 9.16. The summed E-state index contributed by atoms with van der Waals surface area (Å²) in [5, 5.41) is 0. The summed E-state index contributed by atoms with van der Waals surface area (Å²) in [6, 6.07) is 0. The molecule has 2 aliphatic carbocycles. The first-order valence-electron chi connectivity index (χ1n) is 5.49. The Labute approximate surface area is 91.1 Å². The van der Waals surface area contributed by atoms with Crippen LogP contribution in [0.2, 0.25) is 0 Å². The lowest BCUT2D eigenvalue weighted by molar-refractivity contribution is 0.136. The molecule has 2 N–H and O–H groups in total. The van der Waals surface area contributed by atoms with E-state index in [4.69, 9.17) is 10.5 Å². The van der Waals surface area contributed by atoms with E-state index in [1.165, 1.54) is 0 Å². The fraction of sp³-hybridized carbons (Fsp3) is 1.00. The third-order valence-corrected chi connectivity index (χ3v) is 6.98. The van der Waals surface area contributed by atoms with Crippen LogP contribution in [-0.4, -0.2) is 37.7 Å². The standard InChI is InChI=1S/C10H19NO3S/c1-9(2-3-9)15(12,13)10(4-5-10)8-14-7-6-11/h2-8,11H2,1H3. The van der Waals surface area contributed by atoms with Crippen LogP contribution in [0.1, 0.15) is 32.6 Å². The van der Waals surface area contributed by atoms with Crippen molar-refractivity contribution < 1.29 is 13.2 Å². The Morgan fingerprint density at radius 1 is 1.27 bits per heavy atom. The van der Waals surface area contributed by atoms with Crippen molar-refractivity contribution in [3.05, 3.63) is 0 Å². The molecule has 2 aliphatic rings. The highest BCUT2D eigenvalue weighted by Crippen LogP contribution is 2.56. The normalized spacial score (nSPS) is 26.3. The first-order valence-corrected chi connectivity index (χ1v) is 6.98. The van der Waals surface area contributed by atoms with Crippen LogP contribution < -0.4 is 5.73 Å². The molecular formula is C10H19NO3S. The molecule has 0 aromatic heterocycles. The maximum Gasteiger partial charge on any atom is 0.163 e. The minimum absolute atomic E-state index is 0.335. The lowest BCUT2D eigenvalue weighted by atomic mass is 10.4. The monoisotopic (exact) mass is 233 g/mol. The number of nitrogens with two attached hydrogens (primary N) is 1. The second-order valence-electron chi connectivity index (χ2n) is 4.98. The van der Waals surface area contributed by atoms with Gasteiger partial charge in [-0.1, -0.05) is 0 Å². The molecule has 5 heteroatoms. The number of hydrogen-bond acceptors (Lipinski definition) is 4. The van der Waals surface area contributed by atoms with Crippen LogP contribution >= 0.6 is 0 Å². The van der Waals surface area contributed by atoms with Gasteiger partial charge in [0, 0.05) is 6.54 Å². The minimum atomic E-state index is -3.00. The molecule has 2 fully saturated rings. The molecule has 0 radical (unpaired) electrons.